The van der Waals surface area contributed by atoms with E-state index in [9.17, 15) is 4.79 Å². The van der Waals surface area contributed by atoms with E-state index in [0.717, 1.165) is 6.42 Å². The summed E-state index contributed by atoms with van der Waals surface area (Å²) in [7, 11) is 0. The summed E-state index contributed by atoms with van der Waals surface area (Å²) in [5.41, 5.74) is 2.46. The molecule has 0 aromatic heterocycles. The molecule has 1 aromatic rings. The van der Waals surface area contributed by atoms with E-state index in [2.05, 4.69) is 56.5 Å². The van der Waals surface area contributed by atoms with E-state index in [1.54, 1.807) is 6.92 Å². The third-order valence-electron chi connectivity index (χ3n) is 2.47. The lowest BCUT2D eigenvalue weighted by atomic mass is 10.1. The second-order valence-corrected chi connectivity index (χ2v) is 5.96. The lowest BCUT2D eigenvalue weighted by Gasteiger charge is -2.19. The Balaban J connectivity index is 0.000000409. The highest BCUT2D eigenvalue weighted by molar-refractivity contribution is 5.87. The zero-order valence-electron chi connectivity index (χ0n) is 14.5. The third-order valence-corrected chi connectivity index (χ3v) is 2.47. The van der Waals surface area contributed by atoms with Gasteiger partial charge in [-0.2, -0.15) is 0 Å². The van der Waals surface area contributed by atoms with Gasteiger partial charge in [-0.25, -0.2) is 4.79 Å². The predicted molar refractivity (Wildman–Crippen MR) is 96.5 cm³/mol. The Labute approximate surface area is 135 Å². The molecule has 1 aromatic carbocycles. The molecule has 0 fully saturated rings. The first-order valence-corrected chi connectivity index (χ1v) is 7.47. The van der Waals surface area contributed by atoms with Crippen LogP contribution < -0.4 is 0 Å². The number of allylic oxidation sites excluding steroid dienone is 1. The van der Waals surface area contributed by atoms with Gasteiger partial charge in [0.05, 0.1) is 0 Å². The molecule has 0 aliphatic carbocycles. The standard InChI is InChI=1S/C12H14.C8H14O2/c1-3-5-6-12-9-7-11(4-2)8-10-12;1-6(2)7(9)10-8(3,4)5/h4-10H,2-3H2,1H3;1H2,2-5H3. The number of hydrogen-bond donors (Lipinski definition) is 0. The molecule has 22 heavy (non-hydrogen) atoms. The second kappa shape index (κ2) is 9.78. The molecule has 0 saturated carbocycles. The Hall–Kier alpha value is -2.09. The van der Waals surface area contributed by atoms with Crippen molar-refractivity contribution >= 4 is 18.1 Å². The Bertz CT molecular complexity index is 514. The van der Waals surface area contributed by atoms with Crippen LogP contribution >= 0.6 is 0 Å². The van der Waals surface area contributed by atoms with E-state index in [4.69, 9.17) is 4.74 Å². The normalized spacial score (nSPS) is 10.6. The van der Waals surface area contributed by atoms with Gasteiger partial charge in [0.15, 0.2) is 0 Å². The fourth-order valence-corrected chi connectivity index (χ4v) is 1.36. The van der Waals surface area contributed by atoms with Crippen LogP contribution in [-0.4, -0.2) is 11.6 Å². The van der Waals surface area contributed by atoms with Crippen molar-refractivity contribution in [3.8, 4) is 0 Å². The van der Waals surface area contributed by atoms with Crippen LogP contribution in [0.15, 0.2) is 49.1 Å². The van der Waals surface area contributed by atoms with E-state index < -0.39 is 5.60 Å². The van der Waals surface area contributed by atoms with Crippen LogP contribution in [0.4, 0.5) is 0 Å². The van der Waals surface area contributed by atoms with Crippen LogP contribution in [0.3, 0.4) is 0 Å². The van der Waals surface area contributed by atoms with Gasteiger partial charge in [0.25, 0.3) is 0 Å². The van der Waals surface area contributed by atoms with Crippen LogP contribution in [0.5, 0.6) is 0 Å². The molecular formula is C20H28O2. The van der Waals surface area contributed by atoms with Crippen molar-refractivity contribution in [2.75, 3.05) is 0 Å². The number of rotatable bonds is 4. The van der Waals surface area contributed by atoms with Crippen LogP contribution in [0, 0.1) is 0 Å². The molecule has 0 N–H and O–H groups in total. The van der Waals surface area contributed by atoms with Crippen molar-refractivity contribution in [1.82, 2.24) is 0 Å². The molecule has 0 aliphatic heterocycles. The fraction of sp³-hybridized carbons (Fsp3) is 0.350. The van der Waals surface area contributed by atoms with Crippen molar-refractivity contribution in [2.45, 2.75) is 46.6 Å². The Morgan fingerprint density at radius 2 is 1.68 bits per heavy atom. The zero-order valence-corrected chi connectivity index (χ0v) is 14.5. The number of hydrogen-bond acceptors (Lipinski definition) is 2. The van der Waals surface area contributed by atoms with Gasteiger partial charge in [-0.05, 0) is 45.2 Å². The molecule has 2 heteroatoms. The van der Waals surface area contributed by atoms with Gasteiger partial charge >= 0.3 is 5.97 Å². The Kier molecular flexibility index (Phi) is 8.85. The van der Waals surface area contributed by atoms with Crippen LogP contribution in [0.2, 0.25) is 0 Å². The molecule has 120 valence electrons. The zero-order chi connectivity index (χ0) is 17.2. The largest absolute Gasteiger partial charge is 0.457 e. The van der Waals surface area contributed by atoms with Crippen molar-refractivity contribution in [1.29, 1.82) is 0 Å². The maximum atomic E-state index is 10.8. The van der Waals surface area contributed by atoms with Crippen LogP contribution in [0.1, 0.15) is 52.2 Å². The van der Waals surface area contributed by atoms with Gasteiger partial charge in [-0.1, -0.05) is 62.6 Å². The minimum atomic E-state index is -0.407. The Morgan fingerprint density at radius 1 is 1.18 bits per heavy atom. The van der Waals surface area contributed by atoms with Crippen LogP contribution in [0.25, 0.3) is 12.2 Å². The summed E-state index contributed by atoms with van der Waals surface area (Å²) >= 11 is 0. The summed E-state index contributed by atoms with van der Waals surface area (Å²) in [6.07, 6.45) is 7.23. The maximum Gasteiger partial charge on any atom is 0.333 e. The quantitative estimate of drug-likeness (QED) is 0.530. The molecule has 0 heterocycles. The summed E-state index contributed by atoms with van der Waals surface area (Å²) in [6.45, 7) is 16.4. The molecule has 0 spiro atoms. The van der Waals surface area contributed by atoms with Crippen molar-refractivity contribution in [2.24, 2.45) is 0 Å². The smallest absolute Gasteiger partial charge is 0.333 e. The maximum absolute atomic E-state index is 10.8. The highest BCUT2D eigenvalue weighted by atomic mass is 16.6. The van der Waals surface area contributed by atoms with E-state index in [0.29, 0.717) is 5.57 Å². The lowest BCUT2D eigenvalue weighted by Crippen LogP contribution is -2.23. The number of esters is 1. The third kappa shape index (κ3) is 9.76. The first-order chi connectivity index (χ1) is 10.2. The van der Waals surface area contributed by atoms with Gasteiger partial charge < -0.3 is 4.74 Å². The molecule has 0 unspecified atom stereocenters. The predicted octanol–water partition coefficient (Wildman–Crippen LogP) is 5.66. The molecule has 0 bridgehead atoms. The average molecular weight is 300 g/mol. The molecule has 0 radical (unpaired) electrons. The first kappa shape index (κ1) is 19.9. The van der Waals surface area contributed by atoms with Gasteiger partial charge in [0.1, 0.15) is 5.60 Å². The minimum Gasteiger partial charge on any atom is -0.457 e. The summed E-state index contributed by atoms with van der Waals surface area (Å²) in [4.78, 5) is 10.8. The first-order valence-electron chi connectivity index (χ1n) is 7.47. The molecule has 0 aliphatic rings. The molecule has 1 rings (SSSR count). The molecular weight excluding hydrogens is 272 g/mol. The monoisotopic (exact) mass is 300 g/mol. The number of carbonyl (C=O) groups excluding carboxylic acids is 1. The topological polar surface area (TPSA) is 26.3 Å². The SMILES string of the molecule is C=C(C)C(=O)OC(C)(C)C.C=Cc1ccc(C=CCC)cc1. The van der Waals surface area contributed by atoms with E-state index >= 15 is 0 Å². The summed E-state index contributed by atoms with van der Waals surface area (Å²) < 4.78 is 4.96. The van der Waals surface area contributed by atoms with E-state index in [1.807, 2.05) is 26.8 Å². The van der Waals surface area contributed by atoms with Gasteiger partial charge in [-0.3, -0.25) is 0 Å². The average Bonchev–Trinajstić information content (AvgIpc) is 2.44. The molecule has 0 saturated heterocycles. The summed E-state index contributed by atoms with van der Waals surface area (Å²) in [5.74, 6) is -0.326. The fourth-order valence-electron chi connectivity index (χ4n) is 1.36. The van der Waals surface area contributed by atoms with Crippen LogP contribution in [-0.2, 0) is 9.53 Å². The van der Waals surface area contributed by atoms with Crippen molar-refractivity contribution < 1.29 is 9.53 Å². The van der Waals surface area contributed by atoms with Crippen molar-refractivity contribution in [3.63, 3.8) is 0 Å². The van der Waals surface area contributed by atoms with Crippen molar-refractivity contribution in [3.05, 3.63) is 60.2 Å². The molecule has 2 nitrogen and oxygen atoms in total. The Morgan fingerprint density at radius 3 is 2.00 bits per heavy atom. The van der Waals surface area contributed by atoms with E-state index in [-0.39, 0.29) is 5.97 Å². The highest BCUT2D eigenvalue weighted by Gasteiger charge is 2.15. The minimum absolute atomic E-state index is 0.326. The lowest BCUT2D eigenvalue weighted by molar-refractivity contribution is -0.149. The second-order valence-electron chi connectivity index (χ2n) is 5.96. The highest BCUT2D eigenvalue weighted by Crippen LogP contribution is 2.09. The van der Waals surface area contributed by atoms with Gasteiger partial charge in [0.2, 0.25) is 0 Å². The van der Waals surface area contributed by atoms with Gasteiger partial charge in [-0.15, -0.1) is 0 Å². The molecule has 0 amide bonds. The van der Waals surface area contributed by atoms with Gasteiger partial charge in [0, 0.05) is 5.57 Å². The van der Waals surface area contributed by atoms with E-state index in [1.165, 1.54) is 11.1 Å². The number of ether oxygens (including phenoxy) is 1. The summed E-state index contributed by atoms with van der Waals surface area (Å²) in [6, 6.07) is 8.34. The number of benzene rings is 1. The summed E-state index contributed by atoms with van der Waals surface area (Å²) in [5, 5.41) is 0. The molecule has 0 atom stereocenters. The number of carbonyl (C=O) groups is 1.